The average molecular weight is 341 g/mol. The van der Waals surface area contributed by atoms with Crippen LogP contribution < -0.4 is 5.32 Å². The zero-order valence-corrected chi connectivity index (χ0v) is 14.8. The lowest BCUT2D eigenvalue weighted by atomic mass is 10.2. The van der Waals surface area contributed by atoms with Gasteiger partial charge in [-0.05, 0) is 13.5 Å². The number of piperazine rings is 2. The number of likely N-dealkylation sites (N-methyl/N-ethyl adjacent to an activating group) is 1. The molecule has 2 rings (SSSR count). The second-order valence-corrected chi connectivity index (χ2v) is 5.67. The first-order valence-corrected chi connectivity index (χ1v) is 7.65. The third kappa shape index (κ3) is 6.28. The number of amides is 1. The first kappa shape index (κ1) is 20.9. The maximum Gasteiger partial charge on any atom is 0.224 e. The molecule has 126 valence electrons. The van der Waals surface area contributed by atoms with Gasteiger partial charge < -0.3 is 20.0 Å². The Labute approximate surface area is 141 Å². The number of carbonyl (C=O) groups excluding carboxylic acids is 1. The quantitative estimate of drug-likeness (QED) is 0.816. The highest BCUT2D eigenvalue weighted by molar-refractivity contribution is 5.85. The monoisotopic (exact) mass is 340 g/mol. The van der Waals surface area contributed by atoms with Crippen LogP contribution in [0.2, 0.25) is 0 Å². The molecule has 21 heavy (non-hydrogen) atoms. The molecule has 2 aliphatic heterocycles. The lowest BCUT2D eigenvalue weighted by molar-refractivity contribution is -0.134. The molecule has 2 heterocycles. The Morgan fingerprint density at radius 1 is 1.10 bits per heavy atom. The van der Waals surface area contributed by atoms with Gasteiger partial charge in [0.25, 0.3) is 0 Å². The van der Waals surface area contributed by atoms with Crippen LogP contribution in [0.4, 0.5) is 0 Å². The SMILES string of the molecule is CCN1CCN(CCC(=O)N2CCNC[C@H]2C)CC1.Cl.Cl. The third-order valence-corrected chi connectivity index (χ3v) is 4.38. The van der Waals surface area contributed by atoms with Crippen LogP contribution in [0.5, 0.6) is 0 Å². The van der Waals surface area contributed by atoms with Crippen LogP contribution in [0.25, 0.3) is 0 Å². The van der Waals surface area contributed by atoms with Crippen molar-refractivity contribution in [3.8, 4) is 0 Å². The summed E-state index contributed by atoms with van der Waals surface area (Å²) >= 11 is 0. The molecule has 0 saturated carbocycles. The standard InChI is InChI=1S/C14H28N4O.2ClH/c1-3-16-8-10-17(11-9-16)6-4-14(19)18-7-5-15-12-13(18)2;;/h13,15H,3-12H2,1-2H3;2*1H/t13-;;/m1../s1. The Morgan fingerprint density at radius 3 is 2.29 bits per heavy atom. The van der Waals surface area contributed by atoms with E-state index in [0.717, 1.165) is 58.9 Å². The molecule has 1 atom stereocenters. The third-order valence-electron chi connectivity index (χ3n) is 4.38. The first-order valence-electron chi connectivity index (χ1n) is 7.65. The molecule has 0 bridgehead atoms. The minimum Gasteiger partial charge on any atom is -0.337 e. The van der Waals surface area contributed by atoms with Gasteiger partial charge in [-0.1, -0.05) is 6.92 Å². The highest BCUT2D eigenvalue weighted by Crippen LogP contribution is 2.07. The molecule has 2 fully saturated rings. The smallest absolute Gasteiger partial charge is 0.224 e. The molecule has 0 aromatic heterocycles. The largest absolute Gasteiger partial charge is 0.337 e. The molecular weight excluding hydrogens is 311 g/mol. The van der Waals surface area contributed by atoms with E-state index < -0.39 is 0 Å². The van der Waals surface area contributed by atoms with Crippen molar-refractivity contribution in [3.05, 3.63) is 0 Å². The Hall–Kier alpha value is -0.0700. The van der Waals surface area contributed by atoms with Gasteiger partial charge in [0.2, 0.25) is 5.91 Å². The van der Waals surface area contributed by atoms with Crippen molar-refractivity contribution >= 4 is 30.7 Å². The average Bonchev–Trinajstić information content (AvgIpc) is 2.46. The van der Waals surface area contributed by atoms with E-state index in [1.165, 1.54) is 0 Å². The maximum absolute atomic E-state index is 12.2. The van der Waals surface area contributed by atoms with Crippen molar-refractivity contribution < 1.29 is 4.79 Å². The van der Waals surface area contributed by atoms with Crippen LogP contribution in [0.3, 0.4) is 0 Å². The molecule has 0 aliphatic carbocycles. The van der Waals surface area contributed by atoms with Crippen LogP contribution in [0, 0.1) is 0 Å². The predicted octanol–water partition coefficient (Wildman–Crippen LogP) is 0.678. The Balaban J connectivity index is 0.00000200. The van der Waals surface area contributed by atoms with Crippen LogP contribution in [-0.4, -0.2) is 85.6 Å². The van der Waals surface area contributed by atoms with Crippen molar-refractivity contribution in [2.75, 3.05) is 58.9 Å². The molecule has 1 N–H and O–H groups in total. The minimum atomic E-state index is 0. The molecule has 2 saturated heterocycles. The second kappa shape index (κ2) is 10.6. The van der Waals surface area contributed by atoms with Crippen LogP contribution in [0.1, 0.15) is 20.3 Å². The van der Waals surface area contributed by atoms with E-state index in [1.54, 1.807) is 0 Å². The number of nitrogens with one attached hydrogen (secondary N) is 1. The minimum absolute atomic E-state index is 0. The fraction of sp³-hybridized carbons (Fsp3) is 0.929. The van der Waals surface area contributed by atoms with Gasteiger partial charge in [-0.3, -0.25) is 4.79 Å². The molecular formula is C14H30Cl2N4O. The summed E-state index contributed by atoms with van der Waals surface area (Å²) in [6, 6.07) is 0.346. The highest BCUT2D eigenvalue weighted by atomic mass is 35.5. The van der Waals surface area contributed by atoms with E-state index in [2.05, 4.69) is 29.0 Å². The van der Waals surface area contributed by atoms with Crippen molar-refractivity contribution in [3.63, 3.8) is 0 Å². The van der Waals surface area contributed by atoms with Crippen LogP contribution in [0.15, 0.2) is 0 Å². The molecule has 0 aromatic rings. The predicted molar refractivity (Wildman–Crippen MR) is 91.7 cm³/mol. The molecule has 0 unspecified atom stereocenters. The number of hydrogen-bond acceptors (Lipinski definition) is 4. The lowest BCUT2D eigenvalue weighted by Gasteiger charge is -2.36. The van der Waals surface area contributed by atoms with E-state index in [0.29, 0.717) is 18.4 Å². The summed E-state index contributed by atoms with van der Waals surface area (Å²) in [4.78, 5) is 19.2. The van der Waals surface area contributed by atoms with Crippen LogP contribution >= 0.6 is 24.8 Å². The molecule has 7 heteroatoms. The zero-order valence-electron chi connectivity index (χ0n) is 13.2. The fourth-order valence-corrected chi connectivity index (χ4v) is 2.94. The first-order chi connectivity index (χ1) is 9.20. The summed E-state index contributed by atoms with van der Waals surface area (Å²) in [6.45, 7) is 13.7. The van der Waals surface area contributed by atoms with Gasteiger partial charge >= 0.3 is 0 Å². The Bertz CT molecular complexity index is 299. The lowest BCUT2D eigenvalue weighted by Crippen LogP contribution is -2.53. The van der Waals surface area contributed by atoms with Crippen molar-refractivity contribution in [1.82, 2.24) is 20.0 Å². The Kier molecular flexibility index (Phi) is 10.6. The Morgan fingerprint density at radius 2 is 1.71 bits per heavy atom. The summed E-state index contributed by atoms with van der Waals surface area (Å²) in [5.74, 6) is 0.326. The summed E-state index contributed by atoms with van der Waals surface area (Å²) < 4.78 is 0. The second-order valence-electron chi connectivity index (χ2n) is 5.67. The topological polar surface area (TPSA) is 38.8 Å². The van der Waals surface area contributed by atoms with Gasteiger partial charge in [-0.25, -0.2) is 0 Å². The normalized spacial score (nSPS) is 24.1. The number of rotatable bonds is 4. The van der Waals surface area contributed by atoms with Gasteiger partial charge in [-0.2, -0.15) is 0 Å². The van der Waals surface area contributed by atoms with Gasteiger partial charge in [0.15, 0.2) is 0 Å². The highest BCUT2D eigenvalue weighted by Gasteiger charge is 2.23. The molecule has 0 aromatic carbocycles. The van der Waals surface area contributed by atoms with E-state index in [-0.39, 0.29) is 24.8 Å². The van der Waals surface area contributed by atoms with E-state index in [9.17, 15) is 4.79 Å². The number of carbonyl (C=O) groups is 1. The van der Waals surface area contributed by atoms with Gasteiger partial charge in [0.1, 0.15) is 0 Å². The van der Waals surface area contributed by atoms with Gasteiger partial charge in [0, 0.05) is 64.8 Å². The van der Waals surface area contributed by atoms with E-state index in [1.807, 2.05) is 4.90 Å². The summed E-state index contributed by atoms with van der Waals surface area (Å²) in [7, 11) is 0. The number of halogens is 2. The molecule has 5 nitrogen and oxygen atoms in total. The van der Waals surface area contributed by atoms with Crippen LogP contribution in [-0.2, 0) is 4.79 Å². The van der Waals surface area contributed by atoms with Crippen molar-refractivity contribution in [1.29, 1.82) is 0 Å². The van der Waals surface area contributed by atoms with Gasteiger partial charge in [-0.15, -0.1) is 24.8 Å². The fourth-order valence-electron chi connectivity index (χ4n) is 2.94. The van der Waals surface area contributed by atoms with Crippen molar-refractivity contribution in [2.45, 2.75) is 26.3 Å². The van der Waals surface area contributed by atoms with Gasteiger partial charge in [0.05, 0.1) is 0 Å². The molecule has 2 aliphatic rings. The molecule has 1 amide bonds. The zero-order chi connectivity index (χ0) is 13.7. The maximum atomic E-state index is 12.2. The van der Waals surface area contributed by atoms with E-state index >= 15 is 0 Å². The summed E-state index contributed by atoms with van der Waals surface area (Å²) in [5.41, 5.74) is 0. The molecule has 0 spiro atoms. The number of hydrogen-bond donors (Lipinski definition) is 1. The molecule has 0 radical (unpaired) electrons. The summed E-state index contributed by atoms with van der Waals surface area (Å²) in [5, 5.41) is 3.33. The van der Waals surface area contributed by atoms with Crippen molar-refractivity contribution in [2.24, 2.45) is 0 Å². The summed E-state index contributed by atoms with van der Waals surface area (Å²) in [6.07, 6.45) is 0.677. The number of nitrogens with zero attached hydrogens (tertiary/aromatic N) is 3. The van der Waals surface area contributed by atoms with E-state index in [4.69, 9.17) is 0 Å².